The lowest BCUT2D eigenvalue weighted by Crippen LogP contribution is -2.29. The number of nitrogens with zero attached hydrogens (tertiary/aromatic N) is 3. The Morgan fingerprint density at radius 3 is 2.92 bits per heavy atom. The summed E-state index contributed by atoms with van der Waals surface area (Å²) in [5, 5.41) is 0. The molecule has 1 aromatic rings. The van der Waals surface area contributed by atoms with Crippen LogP contribution < -0.4 is 4.90 Å². The average molecular weight is 177 g/mol. The van der Waals surface area contributed by atoms with Crippen LogP contribution in [0.3, 0.4) is 0 Å². The van der Waals surface area contributed by atoms with E-state index in [9.17, 15) is 0 Å². The molecular weight excluding hydrogens is 162 g/mol. The van der Waals surface area contributed by atoms with Crippen LogP contribution >= 0.6 is 0 Å². The second-order valence-corrected chi connectivity index (χ2v) is 3.45. The molecule has 2 rings (SSSR count). The maximum absolute atomic E-state index is 4.27. The fourth-order valence-corrected chi connectivity index (χ4v) is 1.96. The van der Waals surface area contributed by atoms with E-state index in [0.29, 0.717) is 6.04 Å². The molecule has 2 heterocycles. The molecule has 0 spiro atoms. The molecule has 1 saturated heterocycles. The van der Waals surface area contributed by atoms with Gasteiger partial charge < -0.3 is 4.90 Å². The van der Waals surface area contributed by atoms with Gasteiger partial charge in [-0.05, 0) is 25.3 Å². The van der Waals surface area contributed by atoms with E-state index < -0.39 is 0 Å². The highest BCUT2D eigenvalue weighted by atomic mass is 15.3. The quantitative estimate of drug-likeness (QED) is 0.690. The predicted molar refractivity (Wildman–Crippen MR) is 52.7 cm³/mol. The Balaban J connectivity index is 2.16. The lowest BCUT2D eigenvalue weighted by molar-refractivity contribution is 0.634. The summed E-state index contributed by atoms with van der Waals surface area (Å²) in [7, 11) is 0. The smallest absolute Gasteiger partial charge is 0.225 e. The van der Waals surface area contributed by atoms with Crippen LogP contribution in [0.2, 0.25) is 0 Å². The summed E-state index contributed by atoms with van der Waals surface area (Å²) in [4.78, 5) is 10.9. The van der Waals surface area contributed by atoms with E-state index in [1.54, 1.807) is 0 Å². The van der Waals surface area contributed by atoms with E-state index in [1.807, 2.05) is 18.5 Å². The fraction of sp³-hybridized carbons (Fsp3) is 0.600. The summed E-state index contributed by atoms with van der Waals surface area (Å²) in [6, 6.07) is 2.52. The van der Waals surface area contributed by atoms with Gasteiger partial charge in [-0.2, -0.15) is 0 Å². The van der Waals surface area contributed by atoms with E-state index >= 15 is 0 Å². The molecule has 1 aliphatic rings. The third kappa shape index (κ3) is 1.64. The second-order valence-electron chi connectivity index (χ2n) is 3.45. The highest BCUT2D eigenvalue weighted by Gasteiger charge is 2.24. The van der Waals surface area contributed by atoms with Crippen molar-refractivity contribution in [2.45, 2.75) is 32.2 Å². The lowest BCUT2D eigenvalue weighted by atomic mass is 10.2. The van der Waals surface area contributed by atoms with Crippen molar-refractivity contribution in [3.05, 3.63) is 18.5 Å². The molecule has 70 valence electrons. The Morgan fingerprint density at radius 2 is 2.23 bits per heavy atom. The molecular formula is C10H15N3. The first-order chi connectivity index (χ1) is 6.42. The summed E-state index contributed by atoms with van der Waals surface area (Å²) >= 11 is 0. The van der Waals surface area contributed by atoms with Gasteiger partial charge in [0, 0.05) is 25.0 Å². The third-order valence-electron chi connectivity index (χ3n) is 2.66. The molecule has 1 aromatic heterocycles. The van der Waals surface area contributed by atoms with Gasteiger partial charge in [-0.15, -0.1) is 0 Å². The number of anilines is 1. The zero-order valence-corrected chi connectivity index (χ0v) is 7.98. The molecule has 0 bridgehead atoms. The van der Waals surface area contributed by atoms with Crippen molar-refractivity contribution in [3.63, 3.8) is 0 Å². The number of aromatic nitrogens is 2. The van der Waals surface area contributed by atoms with Gasteiger partial charge in [0.2, 0.25) is 5.95 Å². The molecule has 0 radical (unpaired) electrons. The molecule has 1 atom stereocenters. The Bertz CT molecular complexity index is 260. The van der Waals surface area contributed by atoms with Gasteiger partial charge in [0.1, 0.15) is 0 Å². The Labute approximate surface area is 78.8 Å². The van der Waals surface area contributed by atoms with Gasteiger partial charge in [-0.25, -0.2) is 9.97 Å². The Kier molecular flexibility index (Phi) is 2.43. The normalized spacial score (nSPS) is 22.2. The Hall–Kier alpha value is -1.12. The van der Waals surface area contributed by atoms with E-state index in [0.717, 1.165) is 12.5 Å². The van der Waals surface area contributed by atoms with Gasteiger partial charge in [-0.1, -0.05) is 6.92 Å². The highest BCUT2D eigenvalue weighted by molar-refractivity contribution is 5.32. The van der Waals surface area contributed by atoms with E-state index in [4.69, 9.17) is 0 Å². The van der Waals surface area contributed by atoms with Crippen molar-refractivity contribution in [2.75, 3.05) is 11.4 Å². The van der Waals surface area contributed by atoms with Crippen LogP contribution in [0.4, 0.5) is 5.95 Å². The lowest BCUT2D eigenvalue weighted by Gasteiger charge is -2.22. The van der Waals surface area contributed by atoms with Crippen molar-refractivity contribution in [1.29, 1.82) is 0 Å². The molecule has 1 fully saturated rings. The van der Waals surface area contributed by atoms with Crippen LogP contribution in [0.15, 0.2) is 18.5 Å². The average Bonchev–Trinajstić information content (AvgIpc) is 2.67. The monoisotopic (exact) mass is 177 g/mol. The van der Waals surface area contributed by atoms with Gasteiger partial charge >= 0.3 is 0 Å². The molecule has 13 heavy (non-hydrogen) atoms. The SMILES string of the molecule is CCC1CCCN1c1ncccn1. The minimum Gasteiger partial charge on any atom is -0.338 e. The van der Waals surface area contributed by atoms with Crippen molar-refractivity contribution in [1.82, 2.24) is 9.97 Å². The van der Waals surface area contributed by atoms with E-state index in [2.05, 4.69) is 21.8 Å². The molecule has 0 saturated carbocycles. The first kappa shape index (κ1) is 8.48. The zero-order valence-electron chi connectivity index (χ0n) is 7.98. The van der Waals surface area contributed by atoms with Crippen molar-refractivity contribution in [2.24, 2.45) is 0 Å². The van der Waals surface area contributed by atoms with E-state index in [-0.39, 0.29) is 0 Å². The summed E-state index contributed by atoms with van der Waals surface area (Å²) < 4.78 is 0. The molecule has 1 aliphatic heterocycles. The zero-order chi connectivity index (χ0) is 9.10. The van der Waals surface area contributed by atoms with Crippen molar-refractivity contribution in [3.8, 4) is 0 Å². The van der Waals surface area contributed by atoms with Gasteiger partial charge in [-0.3, -0.25) is 0 Å². The van der Waals surface area contributed by atoms with Crippen LogP contribution in [0.1, 0.15) is 26.2 Å². The van der Waals surface area contributed by atoms with Crippen LogP contribution in [-0.2, 0) is 0 Å². The van der Waals surface area contributed by atoms with Crippen LogP contribution in [0.25, 0.3) is 0 Å². The number of rotatable bonds is 2. The standard InChI is InChI=1S/C10H15N3/c1-2-9-5-3-8-13(9)10-11-6-4-7-12-10/h4,6-7,9H,2-3,5,8H2,1H3. The molecule has 3 heteroatoms. The highest BCUT2D eigenvalue weighted by Crippen LogP contribution is 2.23. The summed E-state index contributed by atoms with van der Waals surface area (Å²) in [5.74, 6) is 0.895. The van der Waals surface area contributed by atoms with Crippen molar-refractivity contribution < 1.29 is 0 Å². The van der Waals surface area contributed by atoms with Crippen molar-refractivity contribution >= 4 is 5.95 Å². The molecule has 0 N–H and O–H groups in total. The largest absolute Gasteiger partial charge is 0.338 e. The van der Waals surface area contributed by atoms with Crippen LogP contribution in [0.5, 0.6) is 0 Å². The molecule has 0 aromatic carbocycles. The summed E-state index contributed by atoms with van der Waals surface area (Å²) in [5.41, 5.74) is 0. The van der Waals surface area contributed by atoms with Crippen LogP contribution in [-0.4, -0.2) is 22.6 Å². The molecule has 0 amide bonds. The maximum atomic E-state index is 4.27. The van der Waals surface area contributed by atoms with Gasteiger partial charge in [0.05, 0.1) is 0 Å². The second kappa shape index (κ2) is 3.73. The molecule has 3 nitrogen and oxygen atoms in total. The van der Waals surface area contributed by atoms with E-state index in [1.165, 1.54) is 19.3 Å². The predicted octanol–water partition coefficient (Wildman–Crippen LogP) is 1.86. The first-order valence-corrected chi connectivity index (χ1v) is 4.95. The maximum Gasteiger partial charge on any atom is 0.225 e. The topological polar surface area (TPSA) is 29.0 Å². The minimum atomic E-state index is 0.655. The summed E-state index contributed by atoms with van der Waals surface area (Å²) in [6.07, 6.45) is 7.38. The minimum absolute atomic E-state index is 0.655. The molecule has 1 unspecified atom stereocenters. The first-order valence-electron chi connectivity index (χ1n) is 4.95. The third-order valence-corrected chi connectivity index (χ3v) is 2.66. The Morgan fingerprint density at radius 1 is 1.46 bits per heavy atom. The van der Waals surface area contributed by atoms with Crippen LogP contribution in [0, 0.1) is 0 Å². The molecule has 0 aliphatic carbocycles. The number of hydrogen-bond acceptors (Lipinski definition) is 3. The number of hydrogen-bond donors (Lipinski definition) is 0. The fourth-order valence-electron chi connectivity index (χ4n) is 1.96. The summed E-state index contributed by atoms with van der Waals surface area (Å²) in [6.45, 7) is 3.34. The van der Waals surface area contributed by atoms with Gasteiger partial charge in [0.25, 0.3) is 0 Å². The van der Waals surface area contributed by atoms with Gasteiger partial charge in [0.15, 0.2) is 0 Å².